The SMILES string of the molecule is C/C(O)=C(/C(N)=O)n1c(C)cc(-c2ccccc2)c1C. The average molecular weight is 270 g/mol. The number of allylic oxidation sites excluding steroid dienone is 1. The molecule has 0 saturated carbocycles. The fourth-order valence-electron chi connectivity index (χ4n) is 2.47. The molecule has 1 heterocycles. The largest absolute Gasteiger partial charge is 0.510 e. The van der Waals surface area contributed by atoms with Crippen molar-refractivity contribution in [3.8, 4) is 11.1 Å². The van der Waals surface area contributed by atoms with Crippen LogP contribution in [0.4, 0.5) is 0 Å². The minimum atomic E-state index is -0.647. The Labute approximate surface area is 118 Å². The third-order valence-corrected chi connectivity index (χ3v) is 3.32. The monoisotopic (exact) mass is 270 g/mol. The third kappa shape index (κ3) is 2.32. The number of aromatic nitrogens is 1. The van der Waals surface area contributed by atoms with Crippen LogP contribution in [0.5, 0.6) is 0 Å². The van der Waals surface area contributed by atoms with Crippen molar-refractivity contribution >= 4 is 11.6 Å². The molecular weight excluding hydrogens is 252 g/mol. The van der Waals surface area contributed by atoms with Crippen LogP contribution >= 0.6 is 0 Å². The van der Waals surface area contributed by atoms with Crippen molar-refractivity contribution in [1.82, 2.24) is 4.57 Å². The Hall–Kier alpha value is -2.49. The van der Waals surface area contributed by atoms with Crippen LogP contribution in [0, 0.1) is 13.8 Å². The summed E-state index contributed by atoms with van der Waals surface area (Å²) in [6.07, 6.45) is 0. The number of amides is 1. The molecule has 0 aliphatic rings. The summed E-state index contributed by atoms with van der Waals surface area (Å²) < 4.78 is 1.69. The highest BCUT2D eigenvalue weighted by Gasteiger charge is 2.19. The molecule has 2 rings (SSSR count). The van der Waals surface area contributed by atoms with E-state index in [9.17, 15) is 9.90 Å². The van der Waals surface area contributed by atoms with Crippen LogP contribution in [0.1, 0.15) is 18.3 Å². The number of primary amides is 1. The molecule has 0 fully saturated rings. The van der Waals surface area contributed by atoms with Gasteiger partial charge in [-0.05, 0) is 32.4 Å². The molecule has 0 unspecified atom stereocenters. The highest BCUT2D eigenvalue weighted by molar-refractivity contribution is 6.13. The second-order valence-electron chi connectivity index (χ2n) is 4.78. The van der Waals surface area contributed by atoms with Gasteiger partial charge in [-0.25, -0.2) is 0 Å². The molecule has 0 aliphatic carbocycles. The Balaban J connectivity index is 2.67. The fraction of sp³-hybridized carbons (Fsp3) is 0.188. The Morgan fingerprint density at radius 1 is 1.20 bits per heavy atom. The van der Waals surface area contributed by atoms with Gasteiger partial charge in [0, 0.05) is 17.0 Å². The predicted molar refractivity (Wildman–Crippen MR) is 80.1 cm³/mol. The van der Waals surface area contributed by atoms with E-state index in [1.54, 1.807) is 4.57 Å². The molecule has 4 nitrogen and oxygen atoms in total. The zero-order chi connectivity index (χ0) is 14.9. The second kappa shape index (κ2) is 5.25. The van der Waals surface area contributed by atoms with E-state index in [-0.39, 0.29) is 11.5 Å². The maximum atomic E-state index is 11.6. The number of nitrogens with zero attached hydrogens (tertiary/aromatic N) is 1. The number of aliphatic hydroxyl groups is 1. The van der Waals surface area contributed by atoms with Crippen LogP contribution in [0.15, 0.2) is 42.2 Å². The fourth-order valence-corrected chi connectivity index (χ4v) is 2.47. The van der Waals surface area contributed by atoms with Crippen molar-refractivity contribution in [1.29, 1.82) is 0 Å². The molecule has 0 atom stereocenters. The summed E-state index contributed by atoms with van der Waals surface area (Å²) in [5.74, 6) is -0.731. The number of benzene rings is 1. The van der Waals surface area contributed by atoms with Crippen LogP contribution in [0.25, 0.3) is 16.8 Å². The Morgan fingerprint density at radius 2 is 1.80 bits per heavy atom. The highest BCUT2D eigenvalue weighted by atomic mass is 16.3. The van der Waals surface area contributed by atoms with Crippen molar-refractivity contribution in [3.05, 3.63) is 53.5 Å². The van der Waals surface area contributed by atoms with Crippen molar-refractivity contribution in [2.75, 3.05) is 0 Å². The average Bonchev–Trinajstić information content (AvgIpc) is 2.67. The molecule has 1 aromatic heterocycles. The Kier molecular flexibility index (Phi) is 3.66. The van der Waals surface area contributed by atoms with Crippen LogP contribution < -0.4 is 5.73 Å². The number of carbonyl (C=O) groups excluding carboxylic acids is 1. The first kappa shape index (κ1) is 13.9. The summed E-state index contributed by atoms with van der Waals surface area (Å²) in [5, 5.41) is 9.72. The van der Waals surface area contributed by atoms with E-state index in [1.807, 2.05) is 50.2 Å². The van der Waals surface area contributed by atoms with Gasteiger partial charge in [-0.1, -0.05) is 30.3 Å². The van der Waals surface area contributed by atoms with Crippen molar-refractivity contribution in [2.45, 2.75) is 20.8 Å². The van der Waals surface area contributed by atoms with Gasteiger partial charge in [0.05, 0.1) is 0 Å². The summed E-state index contributed by atoms with van der Waals surface area (Å²) in [6, 6.07) is 11.9. The lowest BCUT2D eigenvalue weighted by Crippen LogP contribution is -2.20. The lowest BCUT2D eigenvalue weighted by atomic mass is 10.1. The molecule has 1 amide bonds. The second-order valence-corrected chi connectivity index (χ2v) is 4.78. The molecule has 1 aromatic carbocycles. The van der Waals surface area contributed by atoms with E-state index in [2.05, 4.69) is 0 Å². The van der Waals surface area contributed by atoms with Gasteiger partial charge in [-0.2, -0.15) is 0 Å². The van der Waals surface area contributed by atoms with Crippen LogP contribution in [0.2, 0.25) is 0 Å². The summed E-state index contributed by atoms with van der Waals surface area (Å²) in [4.78, 5) is 11.6. The normalized spacial score (nSPS) is 12.2. The first-order chi connectivity index (χ1) is 9.43. The predicted octanol–water partition coefficient (Wildman–Crippen LogP) is 3.00. The van der Waals surface area contributed by atoms with E-state index in [1.165, 1.54) is 6.92 Å². The highest BCUT2D eigenvalue weighted by Crippen LogP contribution is 2.29. The number of aliphatic hydroxyl groups excluding tert-OH is 1. The third-order valence-electron chi connectivity index (χ3n) is 3.32. The van der Waals surface area contributed by atoms with Gasteiger partial charge in [0.25, 0.3) is 5.91 Å². The summed E-state index contributed by atoms with van der Waals surface area (Å²) in [5.41, 5.74) is 9.29. The van der Waals surface area contributed by atoms with E-state index in [4.69, 9.17) is 5.73 Å². The Bertz CT molecular complexity index is 678. The molecule has 0 saturated heterocycles. The minimum absolute atomic E-state index is 0.0843. The molecule has 0 aliphatic heterocycles. The summed E-state index contributed by atoms with van der Waals surface area (Å²) in [7, 11) is 0. The topological polar surface area (TPSA) is 68.2 Å². The molecule has 0 bridgehead atoms. The summed E-state index contributed by atoms with van der Waals surface area (Å²) in [6.45, 7) is 5.24. The zero-order valence-corrected chi connectivity index (χ0v) is 11.8. The van der Waals surface area contributed by atoms with E-state index in [0.29, 0.717) is 0 Å². The van der Waals surface area contributed by atoms with Crippen LogP contribution in [-0.2, 0) is 4.79 Å². The molecule has 4 heteroatoms. The number of rotatable bonds is 3. The molecule has 0 radical (unpaired) electrons. The molecule has 0 spiro atoms. The van der Waals surface area contributed by atoms with Crippen molar-refractivity contribution < 1.29 is 9.90 Å². The smallest absolute Gasteiger partial charge is 0.269 e. The number of hydrogen-bond donors (Lipinski definition) is 2. The van der Waals surface area contributed by atoms with E-state index < -0.39 is 5.91 Å². The van der Waals surface area contributed by atoms with Gasteiger partial charge >= 0.3 is 0 Å². The summed E-state index contributed by atoms with van der Waals surface area (Å²) >= 11 is 0. The number of aryl methyl sites for hydroxylation is 1. The van der Waals surface area contributed by atoms with E-state index >= 15 is 0 Å². The lowest BCUT2D eigenvalue weighted by molar-refractivity contribution is -0.113. The number of hydrogen-bond acceptors (Lipinski definition) is 2. The van der Waals surface area contributed by atoms with Gasteiger partial charge in [-0.3, -0.25) is 4.79 Å². The zero-order valence-electron chi connectivity index (χ0n) is 11.8. The van der Waals surface area contributed by atoms with Crippen molar-refractivity contribution in [3.63, 3.8) is 0 Å². The molecular formula is C16H18N2O2. The first-order valence-electron chi connectivity index (χ1n) is 6.38. The number of carbonyl (C=O) groups is 1. The van der Waals surface area contributed by atoms with Crippen LogP contribution in [-0.4, -0.2) is 15.6 Å². The van der Waals surface area contributed by atoms with Gasteiger partial charge < -0.3 is 15.4 Å². The maximum absolute atomic E-state index is 11.6. The maximum Gasteiger partial charge on any atom is 0.269 e. The Morgan fingerprint density at radius 3 is 2.30 bits per heavy atom. The van der Waals surface area contributed by atoms with Gasteiger partial charge in [0.2, 0.25) is 0 Å². The molecule has 3 N–H and O–H groups in total. The quantitative estimate of drug-likeness (QED) is 0.665. The standard InChI is InChI=1S/C16H18N2O2/c1-10-9-14(13-7-5-4-6-8-13)11(2)18(10)15(12(3)19)16(17)20/h4-9,19H,1-3H3,(H2,17,20)/b15-12+. The number of nitrogens with two attached hydrogens (primary N) is 1. The molecule has 20 heavy (non-hydrogen) atoms. The van der Waals surface area contributed by atoms with Gasteiger partial charge in [0.15, 0.2) is 0 Å². The van der Waals surface area contributed by atoms with E-state index in [0.717, 1.165) is 22.5 Å². The van der Waals surface area contributed by atoms with Gasteiger partial charge in [0.1, 0.15) is 11.5 Å². The van der Waals surface area contributed by atoms with Gasteiger partial charge in [-0.15, -0.1) is 0 Å². The van der Waals surface area contributed by atoms with Crippen molar-refractivity contribution in [2.24, 2.45) is 5.73 Å². The lowest BCUT2D eigenvalue weighted by Gasteiger charge is -2.12. The minimum Gasteiger partial charge on any atom is -0.510 e. The molecule has 104 valence electrons. The van der Waals surface area contributed by atoms with Crippen LogP contribution in [0.3, 0.4) is 0 Å². The molecule has 2 aromatic rings. The first-order valence-corrected chi connectivity index (χ1v) is 6.38.